The standard InChI is InChI=1S/C11H7BrO2/c1-6-10(12)9-5-7(13)3-2-4-8(9)11(6)14/h2-5H,1H3. The fourth-order valence-corrected chi connectivity index (χ4v) is 1.99. The summed E-state index contributed by atoms with van der Waals surface area (Å²) >= 11 is 3.32. The second kappa shape index (κ2) is 3.17. The topological polar surface area (TPSA) is 34.1 Å². The molecule has 0 aliphatic heterocycles. The van der Waals surface area contributed by atoms with Crippen LogP contribution in [-0.4, -0.2) is 5.78 Å². The lowest BCUT2D eigenvalue weighted by molar-refractivity contribution is 0.103. The maximum absolute atomic E-state index is 11.7. The Hall–Kier alpha value is -1.22. The van der Waals surface area contributed by atoms with Gasteiger partial charge in [0.2, 0.25) is 0 Å². The van der Waals surface area contributed by atoms with Crippen molar-refractivity contribution in [3.05, 3.63) is 51.2 Å². The summed E-state index contributed by atoms with van der Waals surface area (Å²) < 4.78 is 0.728. The van der Waals surface area contributed by atoms with Crippen LogP contribution in [0, 0.1) is 0 Å². The Morgan fingerprint density at radius 1 is 1.14 bits per heavy atom. The van der Waals surface area contributed by atoms with Gasteiger partial charge >= 0.3 is 0 Å². The van der Waals surface area contributed by atoms with Gasteiger partial charge in [-0.3, -0.25) is 9.59 Å². The van der Waals surface area contributed by atoms with Crippen LogP contribution in [0.25, 0.3) is 4.48 Å². The van der Waals surface area contributed by atoms with Gasteiger partial charge in [-0.1, -0.05) is 12.1 Å². The van der Waals surface area contributed by atoms with Gasteiger partial charge in [-0.25, -0.2) is 0 Å². The summed E-state index contributed by atoms with van der Waals surface area (Å²) in [5, 5.41) is 0. The molecular weight excluding hydrogens is 244 g/mol. The van der Waals surface area contributed by atoms with E-state index in [-0.39, 0.29) is 11.2 Å². The molecule has 1 aromatic rings. The summed E-state index contributed by atoms with van der Waals surface area (Å²) in [6.07, 6.45) is 0. The van der Waals surface area contributed by atoms with Crippen molar-refractivity contribution >= 4 is 26.2 Å². The molecule has 0 saturated carbocycles. The van der Waals surface area contributed by atoms with Crippen LogP contribution in [0.3, 0.4) is 0 Å². The smallest absolute Gasteiger partial charge is 0.190 e. The molecule has 0 radical (unpaired) electrons. The van der Waals surface area contributed by atoms with Crippen molar-refractivity contribution in [2.24, 2.45) is 0 Å². The Kier molecular flexibility index (Phi) is 2.11. The van der Waals surface area contributed by atoms with Gasteiger partial charge in [0.1, 0.15) is 0 Å². The SMILES string of the molecule is CC1=C(Br)c2cc(=O)cccc2C1=O. The number of carbonyl (C=O) groups is 1. The molecule has 2 nitrogen and oxygen atoms in total. The predicted octanol–water partition coefficient (Wildman–Crippen LogP) is 2.37. The minimum atomic E-state index is -0.0919. The third-order valence-electron chi connectivity index (χ3n) is 2.25. The summed E-state index contributed by atoms with van der Waals surface area (Å²) in [4.78, 5) is 22.9. The van der Waals surface area contributed by atoms with Gasteiger partial charge in [0, 0.05) is 21.2 Å². The van der Waals surface area contributed by atoms with E-state index in [4.69, 9.17) is 0 Å². The van der Waals surface area contributed by atoms with E-state index in [0.717, 1.165) is 4.48 Å². The van der Waals surface area contributed by atoms with Gasteiger partial charge in [0.05, 0.1) is 0 Å². The molecule has 0 amide bonds. The van der Waals surface area contributed by atoms with Crippen molar-refractivity contribution in [3.63, 3.8) is 0 Å². The normalized spacial score (nSPS) is 14.6. The Bertz CT molecular complexity index is 515. The summed E-state index contributed by atoms with van der Waals surface area (Å²) in [5.74, 6) is -0.0116. The van der Waals surface area contributed by atoms with Gasteiger partial charge in [-0.15, -0.1) is 0 Å². The molecule has 1 aromatic carbocycles. The number of fused-ring (bicyclic) bond motifs is 1. The van der Waals surface area contributed by atoms with Crippen molar-refractivity contribution in [3.8, 4) is 0 Å². The van der Waals surface area contributed by atoms with Crippen molar-refractivity contribution < 1.29 is 4.79 Å². The van der Waals surface area contributed by atoms with E-state index < -0.39 is 0 Å². The zero-order chi connectivity index (χ0) is 10.3. The fraction of sp³-hybridized carbons (Fsp3) is 0.0909. The first-order valence-electron chi connectivity index (χ1n) is 4.17. The van der Waals surface area contributed by atoms with Crippen molar-refractivity contribution in [1.82, 2.24) is 0 Å². The number of carbonyl (C=O) groups excluding carboxylic acids is 1. The molecule has 1 aliphatic carbocycles. The molecule has 0 unspecified atom stereocenters. The maximum atomic E-state index is 11.7. The highest BCUT2D eigenvalue weighted by molar-refractivity contribution is 9.15. The van der Waals surface area contributed by atoms with E-state index in [9.17, 15) is 9.59 Å². The highest BCUT2D eigenvalue weighted by Crippen LogP contribution is 2.35. The summed E-state index contributed by atoms with van der Waals surface area (Å²) in [7, 11) is 0. The van der Waals surface area contributed by atoms with Crippen molar-refractivity contribution in [2.75, 3.05) is 0 Å². The Morgan fingerprint density at radius 2 is 1.86 bits per heavy atom. The predicted molar refractivity (Wildman–Crippen MR) is 58.6 cm³/mol. The van der Waals surface area contributed by atoms with E-state index in [1.54, 1.807) is 19.1 Å². The molecule has 0 bridgehead atoms. The van der Waals surface area contributed by atoms with E-state index in [0.29, 0.717) is 16.7 Å². The number of hydrogen-bond donors (Lipinski definition) is 0. The summed E-state index contributed by atoms with van der Waals surface area (Å²) in [5.41, 5.74) is 1.86. The van der Waals surface area contributed by atoms with Crippen LogP contribution in [0.15, 0.2) is 34.6 Å². The molecule has 0 atom stereocenters. The third-order valence-corrected chi connectivity index (χ3v) is 3.27. The van der Waals surface area contributed by atoms with Gasteiger partial charge in [-0.05, 0) is 35.0 Å². The minimum absolute atomic E-state index is 0.0116. The average Bonchev–Trinajstić information content (AvgIpc) is 2.34. The lowest BCUT2D eigenvalue weighted by Crippen LogP contribution is -1.94. The van der Waals surface area contributed by atoms with E-state index >= 15 is 0 Å². The molecule has 0 N–H and O–H groups in total. The Labute approximate surface area is 89.4 Å². The van der Waals surface area contributed by atoms with Gasteiger partial charge < -0.3 is 0 Å². The second-order valence-corrected chi connectivity index (χ2v) is 3.96. The Morgan fingerprint density at radius 3 is 2.57 bits per heavy atom. The molecule has 0 spiro atoms. The molecule has 0 fully saturated rings. The molecule has 3 heteroatoms. The summed E-state index contributed by atoms with van der Waals surface area (Å²) in [6, 6.07) is 6.21. The van der Waals surface area contributed by atoms with Crippen molar-refractivity contribution in [2.45, 2.75) is 6.92 Å². The largest absolute Gasteiger partial charge is 0.290 e. The number of halogens is 1. The molecule has 70 valence electrons. The molecule has 0 aromatic heterocycles. The van der Waals surface area contributed by atoms with Gasteiger partial charge in [-0.2, -0.15) is 0 Å². The van der Waals surface area contributed by atoms with Crippen LogP contribution in [0.4, 0.5) is 0 Å². The zero-order valence-electron chi connectivity index (χ0n) is 7.50. The van der Waals surface area contributed by atoms with Gasteiger partial charge in [0.15, 0.2) is 11.2 Å². The number of rotatable bonds is 0. The monoisotopic (exact) mass is 250 g/mol. The van der Waals surface area contributed by atoms with Crippen LogP contribution >= 0.6 is 15.9 Å². The number of ketones is 1. The quantitative estimate of drug-likeness (QED) is 0.709. The molecule has 0 heterocycles. The van der Waals surface area contributed by atoms with E-state index in [2.05, 4.69) is 15.9 Å². The van der Waals surface area contributed by atoms with E-state index in [1.165, 1.54) is 12.1 Å². The van der Waals surface area contributed by atoms with Crippen LogP contribution in [0.1, 0.15) is 22.8 Å². The summed E-state index contributed by atoms with van der Waals surface area (Å²) in [6.45, 7) is 1.75. The molecule has 0 saturated heterocycles. The van der Waals surface area contributed by atoms with Crippen LogP contribution in [0.2, 0.25) is 0 Å². The minimum Gasteiger partial charge on any atom is -0.290 e. The molecule has 2 rings (SSSR count). The first-order chi connectivity index (χ1) is 6.61. The van der Waals surface area contributed by atoms with Crippen LogP contribution in [0.5, 0.6) is 0 Å². The third kappa shape index (κ3) is 1.24. The van der Waals surface area contributed by atoms with E-state index in [1.807, 2.05) is 0 Å². The zero-order valence-corrected chi connectivity index (χ0v) is 9.09. The molecule has 1 aliphatic rings. The van der Waals surface area contributed by atoms with Crippen LogP contribution in [-0.2, 0) is 0 Å². The number of hydrogen-bond acceptors (Lipinski definition) is 2. The maximum Gasteiger partial charge on any atom is 0.190 e. The van der Waals surface area contributed by atoms with Crippen molar-refractivity contribution in [1.29, 1.82) is 0 Å². The molecular formula is C11H7BrO2. The number of allylic oxidation sites excluding steroid dienone is 1. The highest BCUT2D eigenvalue weighted by atomic mass is 79.9. The lowest BCUT2D eigenvalue weighted by Gasteiger charge is -1.89. The van der Waals surface area contributed by atoms with Crippen LogP contribution < -0.4 is 5.43 Å². The first-order valence-corrected chi connectivity index (χ1v) is 4.96. The van der Waals surface area contributed by atoms with Gasteiger partial charge in [0.25, 0.3) is 0 Å². The average molecular weight is 251 g/mol. The lowest BCUT2D eigenvalue weighted by atomic mass is 10.1. The Balaban J connectivity index is 2.85. The highest BCUT2D eigenvalue weighted by Gasteiger charge is 2.24. The fourth-order valence-electron chi connectivity index (χ4n) is 1.48. The molecule has 14 heavy (non-hydrogen) atoms. The first kappa shape index (κ1) is 9.34. The second-order valence-electron chi connectivity index (χ2n) is 3.17. The number of Topliss-reactive ketones (excluding diaryl/α,β-unsaturated/α-hetero) is 1.